The molecule has 3 heteroatoms. The highest BCUT2D eigenvalue weighted by atomic mass is 35.5. The summed E-state index contributed by atoms with van der Waals surface area (Å²) in [6, 6.07) is 9.67. The van der Waals surface area contributed by atoms with Crippen molar-refractivity contribution in [2.24, 2.45) is 0 Å². The zero-order valence-electron chi connectivity index (χ0n) is 11.4. The molecule has 2 nitrogen and oxygen atoms in total. The summed E-state index contributed by atoms with van der Waals surface area (Å²) in [6.07, 6.45) is 6.24. The highest BCUT2D eigenvalue weighted by Crippen LogP contribution is 2.25. The monoisotopic (exact) mass is 277 g/mol. The van der Waals surface area contributed by atoms with Gasteiger partial charge < -0.3 is 4.74 Å². The smallest absolute Gasteiger partial charge is 0.129 e. The Morgan fingerprint density at radius 2 is 1.89 bits per heavy atom. The fourth-order valence-electron chi connectivity index (χ4n) is 2.12. The molecule has 0 spiro atoms. The summed E-state index contributed by atoms with van der Waals surface area (Å²) < 4.78 is 5.86. The maximum absolute atomic E-state index is 5.89. The third-order valence-electron chi connectivity index (χ3n) is 3.16. The molecule has 102 valence electrons. The van der Waals surface area contributed by atoms with Crippen molar-refractivity contribution in [1.82, 2.24) is 4.98 Å². The minimum absolute atomic E-state index is 0.518. The van der Waals surface area contributed by atoms with Crippen molar-refractivity contribution in [3.05, 3.63) is 35.5 Å². The molecule has 0 bridgehead atoms. The highest BCUT2D eigenvalue weighted by Gasteiger charge is 2.03. The first-order chi connectivity index (χ1) is 9.31. The fourth-order valence-corrected chi connectivity index (χ4v) is 2.27. The Labute approximate surface area is 119 Å². The quantitative estimate of drug-likeness (QED) is 0.510. The molecule has 0 aliphatic heterocycles. The minimum Gasteiger partial charge on any atom is -0.493 e. The van der Waals surface area contributed by atoms with Crippen molar-refractivity contribution in [2.45, 2.75) is 39.0 Å². The number of hydrogen-bond donors (Lipinski definition) is 0. The molecule has 0 radical (unpaired) electrons. The molecule has 0 fully saturated rings. The van der Waals surface area contributed by atoms with Crippen molar-refractivity contribution >= 4 is 22.5 Å². The van der Waals surface area contributed by atoms with E-state index in [0.29, 0.717) is 5.15 Å². The van der Waals surface area contributed by atoms with Crippen LogP contribution in [0.2, 0.25) is 5.15 Å². The number of halogens is 1. The van der Waals surface area contributed by atoms with Crippen LogP contribution in [-0.4, -0.2) is 11.6 Å². The van der Waals surface area contributed by atoms with Crippen molar-refractivity contribution in [3.8, 4) is 5.75 Å². The number of rotatable bonds is 7. The second-order valence-corrected chi connectivity index (χ2v) is 5.11. The van der Waals surface area contributed by atoms with E-state index in [2.05, 4.69) is 11.9 Å². The first kappa shape index (κ1) is 14.1. The van der Waals surface area contributed by atoms with E-state index in [1.807, 2.05) is 24.3 Å². The Morgan fingerprint density at radius 1 is 1.05 bits per heavy atom. The van der Waals surface area contributed by atoms with Gasteiger partial charge in [0.25, 0.3) is 0 Å². The lowest BCUT2D eigenvalue weighted by Gasteiger charge is -2.09. The second-order valence-electron chi connectivity index (χ2n) is 4.72. The van der Waals surface area contributed by atoms with Crippen LogP contribution in [0.25, 0.3) is 10.9 Å². The molecule has 1 aromatic heterocycles. The standard InChI is InChI=1S/C16H20ClNO/c1-2-3-4-5-6-12-19-15-9-7-8-14-13(15)10-11-16(17)18-14/h7-11H,2-6,12H2,1H3. The number of aromatic nitrogens is 1. The Morgan fingerprint density at radius 3 is 2.74 bits per heavy atom. The molecule has 19 heavy (non-hydrogen) atoms. The lowest BCUT2D eigenvalue weighted by molar-refractivity contribution is 0.308. The molecular formula is C16H20ClNO. The summed E-state index contributed by atoms with van der Waals surface area (Å²) in [7, 11) is 0. The summed E-state index contributed by atoms with van der Waals surface area (Å²) in [5, 5.41) is 1.55. The molecule has 1 heterocycles. The molecule has 0 saturated heterocycles. The number of pyridine rings is 1. The van der Waals surface area contributed by atoms with Gasteiger partial charge in [-0.25, -0.2) is 4.98 Å². The summed E-state index contributed by atoms with van der Waals surface area (Å²) in [4.78, 5) is 4.29. The molecule has 0 aliphatic carbocycles. The maximum atomic E-state index is 5.89. The third kappa shape index (κ3) is 4.10. The van der Waals surface area contributed by atoms with Gasteiger partial charge in [0.2, 0.25) is 0 Å². The van der Waals surface area contributed by atoms with Crippen LogP contribution in [0.15, 0.2) is 30.3 Å². The zero-order chi connectivity index (χ0) is 13.5. The van der Waals surface area contributed by atoms with Gasteiger partial charge in [-0.05, 0) is 30.7 Å². The van der Waals surface area contributed by atoms with Crippen molar-refractivity contribution in [3.63, 3.8) is 0 Å². The number of hydrogen-bond acceptors (Lipinski definition) is 2. The van der Waals surface area contributed by atoms with Crippen LogP contribution in [0.3, 0.4) is 0 Å². The number of benzene rings is 1. The SMILES string of the molecule is CCCCCCCOc1cccc2nc(Cl)ccc12. The normalized spacial score (nSPS) is 10.8. The first-order valence-corrected chi connectivity index (χ1v) is 7.37. The highest BCUT2D eigenvalue weighted by molar-refractivity contribution is 6.29. The molecule has 1 aromatic carbocycles. The average molecular weight is 278 g/mol. The van der Waals surface area contributed by atoms with Crippen LogP contribution in [-0.2, 0) is 0 Å². The first-order valence-electron chi connectivity index (χ1n) is 6.99. The van der Waals surface area contributed by atoms with Gasteiger partial charge in [-0.15, -0.1) is 0 Å². The van der Waals surface area contributed by atoms with E-state index in [9.17, 15) is 0 Å². The Bertz CT molecular complexity index is 527. The molecular weight excluding hydrogens is 258 g/mol. The van der Waals surface area contributed by atoms with E-state index in [-0.39, 0.29) is 0 Å². The van der Waals surface area contributed by atoms with Crippen molar-refractivity contribution in [2.75, 3.05) is 6.61 Å². The van der Waals surface area contributed by atoms with Crippen LogP contribution in [0.5, 0.6) is 5.75 Å². The summed E-state index contributed by atoms with van der Waals surface area (Å²) >= 11 is 5.89. The van der Waals surface area contributed by atoms with Crippen LogP contribution in [0.4, 0.5) is 0 Å². The summed E-state index contributed by atoms with van der Waals surface area (Å²) in [5.74, 6) is 0.900. The largest absolute Gasteiger partial charge is 0.493 e. The molecule has 2 rings (SSSR count). The minimum atomic E-state index is 0.518. The fraction of sp³-hybridized carbons (Fsp3) is 0.438. The molecule has 0 atom stereocenters. The van der Waals surface area contributed by atoms with Gasteiger partial charge in [-0.2, -0.15) is 0 Å². The molecule has 0 saturated carbocycles. The van der Waals surface area contributed by atoms with Crippen molar-refractivity contribution in [1.29, 1.82) is 0 Å². The zero-order valence-corrected chi connectivity index (χ0v) is 12.1. The van der Waals surface area contributed by atoms with E-state index in [4.69, 9.17) is 16.3 Å². The van der Waals surface area contributed by atoms with E-state index < -0.39 is 0 Å². The lowest BCUT2D eigenvalue weighted by atomic mass is 10.1. The molecule has 0 amide bonds. The van der Waals surface area contributed by atoms with Crippen LogP contribution in [0, 0.1) is 0 Å². The van der Waals surface area contributed by atoms with Crippen molar-refractivity contribution < 1.29 is 4.74 Å². The van der Waals surface area contributed by atoms with E-state index in [0.717, 1.165) is 29.7 Å². The number of unbranched alkanes of at least 4 members (excludes halogenated alkanes) is 4. The summed E-state index contributed by atoms with van der Waals surface area (Å²) in [6.45, 7) is 3.00. The van der Waals surface area contributed by atoms with E-state index in [1.165, 1.54) is 25.7 Å². The van der Waals surface area contributed by atoms with Gasteiger partial charge in [0.05, 0.1) is 12.1 Å². The third-order valence-corrected chi connectivity index (χ3v) is 3.37. The number of nitrogens with zero attached hydrogens (tertiary/aromatic N) is 1. The van der Waals surface area contributed by atoms with Crippen LogP contribution >= 0.6 is 11.6 Å². The van der Waals surface area contributed by atoms with Gasteiger partial charge in [-0.1, -0.05) is 50.3 Å². The van der Waals surface area contributed by atoms with Gasteiger partial charge in [-0.3, -0.25) is 0 Å². The van der Waals surface area contributed by atoms with E-state index >= 15 is 0 Å². The predicted molar refractivity (Wildman–Crippen MR) is 81.0 cm³/mol. The molecule has 0 aliphatic rings. The van der Waals surface area contributed by atoms with Gasteiger partial charge in [0, 0.05) is 5.39 Å². The molecule has 0 unspecified atom stereocenters. The predicted octanol–water partition coefficient (Wildman–Crippen LogP) is 5.24. The lowest BCUT2D eigenvalue weighted by Crippen LogP contribution is -1.98. The van der Waals surface area contributed by atoms with Gasteiger partial charge >= 0.3 is 0 Å². The Hall–Kier alpha value is -1.28. The van der Waals surface area contributed by atoms with Gasteiger partial charge in [0.1, 0.15) is 10.9 Å². The Balaban J connectivity index is 1.93. The summed E-state index contributed by atoms with van der Waals surface area (Å²) in [5.41, 5.74) is 0.885. The number of fused-ring (bicyclic) bond motifs is 1. The van der Waals surface area contributed by atoms with Crippen LogP contribution in [0.1, 0.15) is 39.0 Å². The van der Waals surface area contributed by atoms with Crippen LogP contribution < -0.4 is 4.74 Å². The van der Waals surface area contributed by atoms with Gasteiger partial charge in [0.15, 0.2) is 0 Å². The topological polar surface area (TPSA) is 22.1 Å². The average Bonchev–Trinajstić information content (AvgIpc) is 2.42. The number of ether oxygens (including phenoxy) is 1. The Kier molecular flexibility index (Phi) is 5.46. The second kappa shape index (κ2) is 7.34. The maximum Gasteiger partial charge on any atom is 0.129 e. The molecule has 0 N–H and O–H groups in total. The molecule has 2 aromatic rings. The van der Waals surface area contributed by atoms with E-state index in [1.54, 1.807) is 6.07 Å².